The largest absolute Gasteiger partial charge is 0.493 e. The summed E-state index contributed by atoms with van der Waals surface area (Å²) in [5, 5.41) is 3.55. The lowest BCUT2D eigenvalue weighted by molar-refractivity contribution is 0.102. The molecular weight excluding hydrogens is 326 g/mol. The normalized spacial score (nSPS) is 10.8. The van der Waals surface area contributed by atoms with E-state index in [-0.39, 0.29) is 5.91 Å². The number of imidazole rings is 1. The summed E-state index contributed by atoms with van der Waals surface area (Å²) in [6.45, 7) is 3.84. The summed E-state index contributed by atoms with van der Waals surface area (Å²) in [7, 11) is 1.59. The highest BCUT2D eigenvalue weighted by Crippen LogP contribution is 2.26. The van der Waals surface area contributed by atoms with Crippen LogP contribution in [-0.2, 0) is 6.42 Å². The number of nitrogens with one attached hydrogen (secondary N) is 1. The molecule has 0 saturated heterocycles. The van der Waals surface area contributed by atoms with Crippen LogP contribution in [0.25, 0.3) is 5.65 Å². The van der Waals surface area contributed by atoms with Crippen molar-refractivity contribution < 1.29 is 9.53 Å². The van der Waals surface area contributed by atoms with Gasteiger partial charge in [0.2, 0.25) is 0 Å². The van der Waals surface area contributed by atoms with Crippen molar-refractivity contribution in [2.75, 3.05) is 12.4 Å². The van der Waals surface area contributed by atoms with Gasteiger partial charge in [0.05, 0.1) is 12.8 Å². The number of anilines is 1. The third kappa shape index (κ3) is 2.71. The van der Waals surface area contributed by atoms with E-state index in [1.54, 1.807) is 17.6 Å². The molecule has 0 bridgehead atoms. The van der Waals surface area contributed by atoms with Crippen LogP contribution in [0.15, 0.2) is 36.5 Å². The van der Waals surface area contributed by atoms with Crippen molar-refractivity contribution in [3.63, 3.8) is 0 Å². The van der Waals surface area contributed by atoms with E-state index in [2.05, 4.69) is 10.3 Å². The molecule has 1 amide bonds. The van der Waals surface area contributed by atoms with E-state index in [0.29, 0.717) is 34.2 Å². The van der Waals surface area contributed by atoms with Crippen LogP contribution in [0.5, 0.6) is 5.75 Å². The number of carbonyl (C=O) groups excluding carboxylic acids is 1. The van der Waals surface area contributed by atoms with Crippen LogP contribution in [-0.4, -0.2) is 22.4 Å². The number of hydrogen-bond acceptors (Lipinski definition) is 3. The summed E-state index contributed by atoms with van der Waals surface area (Å²) in [4.78, 5) is 17.4. The van der Waals surface area contributed by atoms with Gasteiger partial charge in [-0.05, 0) is 43.2 Å². The number of amides is 1. The van der Waals surface area contributed by atoms with Crippen LogP contribution in [0, 0.1) is 6.92 Å². The van der Waals surface area contributed by atoms with Gasteiger partial charge in [0, 0.05) is 16.9 Å². The van der Waals surface area contributed by atoms with Gasteiger partial charge in [-0.1, -0.05) is 24.6 Å². The van der Waals surface area contributed by atoms with Gasteiger partial charge in [-0.15, -0.1) is 0 Å². The summed E-state index contributed by atoms with van der Waals surface area (Å²) in [5.74, 6) is 0.406. The molecule has 6 heteroatoms. The minimum absolute atomic E-state index is 0.224. The van der Waals surface area contributed by atoms with Gasteiger partial charge >= 0.3 is 0 Å². The molecule has 0 aliphatic rings. The quantitative estimate of drug-likeness (QED) is 0.775. The Hall–Kier alpha value is -2.53. The predicted octanol–water partition coefficient (Wildman–Crippen LogP) is 4.12. The molecule has 0 aliphatic heterocycles. The summed E-state index contributed by atoms with van der Waals surface area (Å²) < 4.78 is 7.10. The molecule has 2 aromatic heterocycles. The second-order valence-electron chi connectivity index (χ2n) is 5.40. The highest BCUT2D eigenvalue weighted by atomic mass is 35.5. The van der Waals surface area contributed by atoms with E-state index in [0.717, 1.165) is 11.3 Å². The molecule has 0 atom stereocenters. The molecule has 5 nitrogen and oxygen atoms in total. The lowest BCUT2D eigenvalue weighted by atomic mass is 10.2. The number of aryl methyl sites for hydroxylation is 1. The van der Waals surface area contributed by atoms with Crippen molar-refractivity contribution in [1.82, 2.24) is 9.38 Å². The monoisotopic (exact) mass is 343 g/mol. The minimum Gasteiger partial charge on any atom is -0.493 e. The zero-order valence-corrected chi connectivity index (χ0v) is 14.5. The number of carbonyl (C=O) groups is 1. The van der Waals surface area contributed by atoms with Crippen LogP contribution in [0.2, 0.25) is 5.02 Å². The first-order valence-corrected chi connectivity index (χ1v) is 8.05. The van der Waals surface area contributed by atoms with Crippen LogP contribution >= 0.6 is 11.6 Å². The second kappa shape index (κ2) is 6.53. The minimum atomic E-state index is -0.224. The lowest BCUT2D eigenvalue weighted by Gasteiger charge is -2.10. The fourth-order valence-corrected chi connectivity index (χ4v) is 2.83. The number of benzene rings is 1. The Balaban J connectivity index is 2.08. The third-order valence-corrected chi connectivity index (χ3v) is 4.38. The molecule has 0 fully saturated rings. The van der Waals surface area contributed by atoms with E-state index in [9.17, 15) is 4.79 Å². The van der Waals surface area contributed by atoms with Gasteiger partial charge in [-0.25, -0.2) is 4.98 Å². The number of aromatic nitrogens is 2. The molecule has 24 heavy (non-hydrogen) atoms. The summed E-state index contributed by atoms with van der Waals surface area (Å²) in [6.07, 6.45) is 2.45. The van der Waals surface area contributed by atoms with Crippen molar-refractivity contribution in [3.8, 4) is 5.75 Å². The number of nitrogens with zero attached hydrogens (tertiary/aromatic N) is 2. The molecule has 3 aromatic rings. The topological polar surface area (TPSA) is 55.6 Å². The van der Waals surface area contributed by atoms with E-state index in [1.807, 2.05) is 44.3 Å². The fraction of sp³-hybridized carbons (Fsp3) is 0.222. The fourth-order valence-electron chi connectivity index (χ4n) is 2.66. The molecule has 0 saturated carbocycles. The predicted molar refractivity (Wildman–Crippen MR) is 95.3 cm³/mol. The van der Waals surface area contributed by atoms with Crippen LogP contribution in [0.3, 0.4) is 0 Å². The van der Waals surface area contributed by atoms with Gasteiger partial charge in [-0.3, -0.25) is 9.20 Å². The molecule has 3 rings (SSSR count). The zero-order valence-electron chi connectivity index (χ0n) is 13.8. The van der Waals surface area contributed by atoms with Crippen molar-refractivity contribution in [3.05, 3.63) is 58.5 Å². The molecule has 0 aliphatic carbocycles. The number of methoxy groups -OCH3 is 1. The number of fused-ring (bicyclic) bond motifs is 1. The number of pyridine rings is 1. The lowest BCUT2D eigenvalue weighted by Crippen LogP contribution is -2.17. The first kappa shape index (κ1) is 16.3. The Morgan fingerprint density at radius 1 is 1.33 bits per heavy atom. The number of halogens is 1. The Morgan fingerprint density at radius 2 is 2.12 bits per heavy atom. The Morgan fingerprint density at radius 3 is 2.83 bits per heavy atom. The Bertz CT molecular complexity index is 918. The molecule has 1 N–H and O–H groups in total. The van der Waals surface area contributed by atoms with Crippen molar-refractivity contribution in [2.24, 2.45) is 0 Å². The van der Waals surface area contributed by atoms with E-state index in [1.165, 1.54) is 0 Å². The van der Waals surface area contributed by atoms with Crippen LogP contribution < -0.4 is 10.1 Å². The van der Waals surface area contributed by atoms with Crippen molar-refractivity contribution in [1.29, 1.82) is 0 Å². The van der Waals surface area contributed by atoms with Gasteiger partial charge in [-0.2, -0.15) is 0 Å². The first-order valence-electron chi connectivity index (χ1n) is 7.67. The van der Waals surface area contributed by atoms with Gasteiger partial charge < -0.3 is 10.1 Å². The van der Waals surface area contributed by atoms with E-state index in [4.69, 9.17) is 16.3 Å². The van der Waals surface area contributed by atoms with Gasteiger partial charge in [0.25, 0.3) is 5.91 Å². The SMILES string of the molecule is CCc1nc2c(OC)cccn2c1C(=O)Nc1cccc(Cl)c1C. The maximum Gasteiger partial charge on any atom is 0.274 e. The van der Waals surface area contributed by atoms with Crippen molar-refractivity contribution >= 4 is 28.8 Å². The number of ether oxygens (including phenoxy) is 1. The molecule has 0 spiro atoms. The molecule has 1 aromatic carbocycles. The second-order valence-corrected chi connectivity index (χ2v) is 5.80. The van der Waals surface area contributed by atoms with Crippen molar-refractivity contribution in [2.45, 2.75) is 20.3 Å². The van der Waals surface area contributed by atoms with Gasteiger partial charge in [0.1, 0.15) is 5.69 Å². The van der Waals surface area contributed by atoms with E-state index < -0.39 is 0 Å². The first-order chi connectivity index (χ1) is 11.6. The van der Waals surface area contributed by atoms with Crippen LogP contribution in [0.4, 0.5) is 5.69 Å². The standard InChI is InChI=1S/C18H18ClN3O2/c1-4-13-16(22-10-6-9-15(24-3)17(22)20-13)18(23)21-14-8-5-7-12(19)11(14)2/h5-10H,4H2,1-3H3,(H,21,23). The maximum atomic E-state index is 12.9. The molecular formula is C18H18ClN3O2. The summed E-state index contributed by atoms with van der Waals surface area (Å²) in [6, 6.07) is 9.08. The summed E-state index contributed by atoms with van der Waals surface area (Å²) in [5.41, 5.74) is 3.37. The Labute approximate surface area is 145 Å². The van der Waals surface area contributed by atoms with Gasteiger partial charge in [0.15, 0.2) is 11.4 Å². The molecule has 0 radical (unpaired) electrons. The van der Waals surface area contributed by atoms with Crippen LogP contribution in [0.1, 0.15) is 28.7 Å². The maximum absolute atomic E-state index is 12.9. The summed E-state index contributed by atoms with van der Waals surface area (Å²) >= 11 is 6.13. The molecule has 2 heterocycles. The highest BCUT2D eigenvalue weighted by Gasteiger charge is 2.20. The highest BCUT2D eigenvalue weighted by molar-refractivity contribution is 6.31. The number of hydrogen-bond donors (Lipinski definition) is 1. The molecule has 0 unspecified atom stereocenters. The average Bonchev–Trinajstić information content (AvgIpc) is 2.97. The average molecular weight is 344 g/mol. The Kier molecular flexibility index (Phi) is 4.44. The molecule has 124 valence electrons. The number of rotatable bonds is 4. The zero-order chi connectivity index (χ0) is 17.3. The third-order valence-electron chi connectivity index (χ3n) is 3.97. The smallest absolute Gasteiger partial charge is 0.274 e. The van der Waals surface area contributed by atoms with E-state index >= 15 is 0 Å².